The van der Waals surface area contributed by atoms with Crippen LogP contribution >= 0.6 is 0 Å². The molecule has 5 heteroatoms. The van der Waals surface area contributed by atoms with Crippen molar-refractivity contribution in [2.75, 3.05) is 32.9 Å². The maximum atomic E-state index is 5.80. The highest BCUT2D eigenvalue weighted by molar-refractivity contribution is 4.75. The zero-order valence-corrected chi connectivity index (χ0v) is 7.98. The van der Waals surface area contributed by atoms with Gasteiger partial charge < -0.3 is 9.47 Å². The number of morpholine rings is 1. The van der Waals surface area contributed by atoms with Crippen LogP contribution in [0.1, 0.15) is 6.92 Å². The van der Waals surface area contributed by atoms with E-state index in [1.54, 1.807) is 5.01 Å². The summed E-state index contributed by atoms with van der Waals surface area (Å²) in [6.45, 7) is 6.12. The van der Waals surface area contributed by atoms with Crippen LogP contribution in [0.3, 0.4) is 0 Å². The molecule has 2 aliphatic heterocycles. The van der Waals surface area contributed by atoms with E-state index >= 15 is 0 Å². The molecule has 0 bridgehead atoms. The fraction of sp³-hybridized carbons (Fsp3) is 1.00. The third kappa shape index (κ3) is 1.84. The lowest BCUT2D eigenvalue weighted by Crippen LogP contribution is -2.56. The van der Waals surface area contributed by atoms with Crippen molar-refractivity contribution >= 4 is 0 Å². The van der Waals surface area contributed by atoms with Gasteiger partial charge in [-0.05, 0) is 6.92 Å². The van der Waals surface area contributed by atoms with Crippen molar-refractivity contribution in [3.05, 3.63) is 0 Å². The summed E-state index contributed by atoms with van der Waals surface area (Å²) in [5, 5.41) is 1.75. The molecule has 0 aromatic rings. The van der Waals surface area contributed by atoms with Crippen LogP contribution in [-0.2, 0) is 9.47 Å². The van der Waals surface area contributed by atoms with Crippen molar-refractivity contribution < 1.29 is 9.47 Å². The first-order valence-electron chi connectivity index (χ1n) is 4.75. The Labute approximate surface area is 78.3 Å². The Hall–Kier alpha value is -0.200. The van der Waals surface area contributed by atoms with Crippen molar-refractivity contribution in [3.8, 4) is 0 Å². The molecule has 2 heterocycles. The van der Waals surface area contributed by atoms with Gasteiger partial charge in [-0.25, -0.2) is 5.01 Å². The fourth-order valence-corrected chi connectivity index (χ4v) is 1.82. The Morgan fingerprint density at radius 1 is 1.31 bits per heavy atom. The highest BCUT2D eigenvalue weighted by Crippen LogP contribution is 2.16. The first kappa shape index (κ1) is 9.36. The maximum absolute atomic E-state index is 5.80. The minimum Gasteiger partial charge on any atom is -0.379 e. The van der Waals surface area contributed by atoms with E-state index < -0.39 is 0 Å². The summed E-state index contributed by atoms with van der Waals surface area (Å²) < 4.78 is 10.9. The number of ether oxygens (including phenoxy) is 2. The average molecular weight is 187 g/mol. The van der Waals surface area contributed by atoms with Gasteiger partial charge in [0.25, 0.3) is 0 Å². The monoisotopic (exact) mass is 187 g/mol. The molecule has 76 valence electrons. The number of rotatable bonds is 1. The molecule has 2 atom stereocenters. The lowest BCUT2D eigenvalue weighted by atomic mass is 10.3. The van der Waals surface area contributed by atoms with Gasteiger partial charge in [0, 0.05) is 19.1 Å². The van der Waals surface area contributed by atoms with E-state index in [4.69, 9.17) is 15.3 Å². The Balaban J connectivity index is 1.97. The topological polar surface area (TPSA) is 51.0 Å². The lowest BCUT2D eigenvalue weighted by Gasteiger charge is -2.38. The summed E-state index contributed by atoms with van der Waals surface area (Å²) in [7, 11) is 0. The van der Waals surface area contributed by atoms with Crippen LogP contribution in [0.2, 0.25) is 0 Å². The Kier molecular flexibility index (Phi) is 2.80. The van der Waals surface area contributed by atoms with Crippen LogP contribution in [0.5, 0.6) is 0 Å². The van der Waals surface area contributed by atoms with Crippen molar-refractivity contribution in [2.24, 2.45) is 5.84 Å². The normalized spacial score (nSPS) is 38.3. The van der Waals surface area contributed by atoms with Gasteiger partial charge in [0.05, 0.1) is 19.8 Å². The number of hydrogen-bond donors (Lipinski definition) is 1. The summed E-state index contributed by atoms with van der Waals surface area (Å²) in [5.41, 5.74) is 0. The Morgan fingerprint density at radius 2 is 2.15 bits per heavy atom. The molecule has 5 nitrogen and oxygen atoms in total. The van der Waals surface area contributed by atoms with Gasteiger partial charge >= 0.3 is 0 Å². The van der Waals surface area contributed by atoms with E-state index in [2.05, 4.69) is 11.8 Å². The van der Waals surface area contributed by atoms with Crippen molar-refractivity contribution in [2.45, 2.75) is 19.3 Å². The number of hydrazine groups is 1. The van der Waals surface area contributed by atoms with Crippen molar-refractivity contribution in [3.63, 3.8) is 0 Å². The van der Waals surface area contributed by atoms with Crippen molar-refractivity contribution in [1.29, 1.82) is 0 Å². The molecule has 0 aromatic carbocycles. The summed E-state index contributed by atoms with van der Waals surface area (Å²) in [4.78, 5) is 2.25. The molecule has 0 aromatic heterocycles. The highest BCUT2D eigenvalue weighted by atomic mass is 16.5. The summed E-state index contributed by atoms with van der Waals surface area (Å²) in [6, 6.07) is 0.392. The van der Waals surface area contributed by atoms with Crippen LogP contribution in [0.25, 0.3) is 0 Å². The minimum atomic E-state index is -0.0427. The third-order valence-corrected chi connectivity index (χ3v) is 2.60. The van der Waals surface area contributed by atoms with E-state index in [0.29, 0.717) is 6.04 Å². The molecule has 0 radical (unpaired) electrons. The van der Waals surface area contributed by atoms with E-state index in [9.17, 15) is 0 Å². The first-order valence-corrected chi connectivity index (χ1v) is 4.75. The van der Waals surface area contributed by atoms with Gasteiger partial charge in [-0.2, -0.15) is 0 Å². The molecule has 0 saturated carbocycles. The highest BCUT2D eigenvalue weighted by Gasteiger charge is 2.33. The largest absolute Gasteiger partial charge is 0.379 e. The van der Waals surface area contributed by atoms with Gasteiger partial charge in [0.2, 0.25) is 0 Å². The summed E-state index contributed by atoms with van der Waals surface area (Å²) in [6.07, 6.45) is -0.0427. The molecule has 2 unspecified atom stereocenters. The van der Waals surface area contributed by atoms with Crippen molar-refractivity contribution in [1.82, 2.24) is 9.91 Å². The molecule has 2 aliphatic rings. The van der Waals surface area contributed by atoms with Crippen LogP contribution < -0.4 is 5.84 Å². The maximum Gasteiger partial charge on any atom is 0.181 e. The molecule has 0 aliphatic carbocycles. The third-order valence-electron chi connectivity index (χ3n) is 2.60. The predicted molar refractivity (Wildman–Crippen MR) is 47.6 cm³/mol. The number of nitrogens with zero attached hydrogens (tertiary/aromatic N) is 2. The number of nitrogens with two attached hydrogens (primary N) is 1. The quantitative estimate of drug-likeness (QED) is 0.544. The van der Waals surface area contributed by atoms with Crippen LogP contribution in [0, 0.1) is 0 Å². The molecule has 2 N–H and O–H groups in total. The molecule has 0 amide bonds. The smallest absolute Gasteiger partial charge is 0.181 e. The molecule has 13 heavy (non-hydrogen) atoms. The Bertz CT molecular complexity index is 179. The SMILES string of the molecule is CC1COCCN1C1OCCN1N. The second-order valence-corrected chi connectivity index (χ2v) is 3.60. The van der Waals surface area contributed by atoms with Gasteiger partial charge in [0.15, 0.2) is 6.35 Å². The van der Waals surface area contributed by atoms with Crippen LogP contribution in [0.15, 0.2) is 0 Å². The summed E-state index contributed by atoms with van der Waals surface area (Å²) in [5.74, 6) is 5.80. The van der Waals surface area contributed by atoms with E-state index in [1.165, 1.54) is 0 Å². The molecule has 2 saturated heterocycles. The first-order chi connectivity index (χ1) is 6.29. The van der Waals surface area contributed by atoms with E-state index in [-0.39, 0.29) is 6.35 Å². The van der Waals surface area contributed by atoms with E-state index in [1.807, 2.05) is 0 Å². The fourth-order valence-electron chi connectivity index (χ4n) is 1.82. The second-order valence-electron chi connectivity index (χ2n) is 3.60. The standard InChI is InChI=1S/C8H17N3O2/c1-7-6-12-4-2-10(7)8-11(9)3-5-13-8/h7-8H,2-6,9H2,1H3. The minimum absolute atomic E-state index is 0.0427. The Morgan fingerprint density at radius 3 is 2.77 bits per heavy atom. The van der Waals surface area contributed by atoms with Gasteiger partial charge in [-0.15, -0.1) is 0 Å². The molecular weight excluding hydrogens is 170 g/mol. The molecule has 2 rings (SSSR count). The van der Waals surface area contributed by atoms with Gasteiger partial charge in [-0.1, -0.05) is 0 Å². The van der Waals surface area contributed by atoms with Gasteiger partial charge in [0.1, 0.15) is 0 Å². The molecule has 0 spiro atoms. The lowest BCUT2D eigenvalue weighted by molar-refractivity contribution is -0.144. The van der Waals surface area contributed by atoms with Crippen LogP contribution in [-0.4, -0.2) is 55.2 Å². The zero-order chi connectivity index (χ0) is 9.26. The van der Waals surface area contributed by atoms with Crippen LogP contribution in [0.4, 0.5) is 0 Å². The van der Waals surface area contributed by atoms with Gasteiger partial charge in [-0.3, -0.25) is 10.7 Å². The number of hydrogen-bond acceptors (Lipinski definition) is 5. The summed E-state index contributed by atoms with van der Waals surface area (Å²) >= 11 is 0. The second kappa shape index (κ2) is 3.89. The van der Waals surface area contributed by atoms with E-state index in [0.717, 1.165) is 32.9 Å². The molecule has 2 fully saturated rings. The zero-order valence-electron chi connectivity index (χ0n) is 7.98. The predicted octanol–water partition coefficient (Wildman–Crippen LogP) is -0.803. The average Bonchev–Trinajstić information content (AvgIpc) is 2.52. The molecular formula is C8H17N3O2.